The van der Waals surface area contributed by atoms with E-state index < -0.39 is 11.2 Å². The minimum Gasteiger partial charge on any atom is -0.390 e. The molecule has 0 spiro atoms. The fourth-order valence-electron chi connectivity index (χ4n) is 8.37. The highest BCUT2D eigenvalue weighted by Crippen LogP contribution is 2.70. The molecule has 6 atom stereocenters. The third-order valence-corrected chi connectivity index (χ3v) is 10.4. The van der Waals surface area contributed by atoms with Crippen molar-refractivity contribution in [1.82, 2.24) is 4.98 Å². The SMILES string of the molecule is CC(C)(O)[C@H]1C[C@H]2CC[C@@]3(C)[C@@](O)(CC[C@H]4Cc5c([nH]c6ccccc56)[C@@]43C)C2=CC1=O. The van der Waals surface area contributed by atoms with Gasteiger partial charge in [0.25, 0.3) is 0 Å². The highest BCUT2D eigenvalue weighted by molar-refractivity contribution is 5.94. The van der Waals surface area contributed by atoms with Crippen LogP contribution < -0.4 is 0 Å². The average molecular weight is 434 g/mol. The summed E-state index contributed by atoms with van der Waals surface area (Å²) < 4.78 is 0. The highest BCUT2D eigenvalue weighted by atomic mass is 16.3. The van der Waals surface area contributed by atoms with Crippen LogP contribution in [0.15, 0.2) is 35.9 Å². The number of aromatic nitrogens is 1. The van der Waals surface area contributed by atoms with Gasteiger partial charge in [-0.2, -0.15) is 0 Å². The number of nitrogens with one attached hydrogen (secondary N) is 1. The predicted octanol–water partition coefficient (Wildman–Crippen LogP) is 4.83. The number of rotatable bonds is 1. The molecule has 0 radical (unpaired) electrons. The minimum atomic E-state index is -1.03. The van der Waals surface area contributed by atoms with E-state index in [0.717, 1.165) is 37.7 Å². The number of hydrogen-bond acceptors (Lipinski definition) is 3. The van der Waals surface area contributed by atoms with Gasteiger partial charge < -0.3 is 15.2 Å². The van der Waals surface area contributed by atoms with Crippen molar-refractivity contribution < 1.29 is 15.0 Å². The van der Waals surface area contributed by atoms with Gasteiger partial charge >= 0.3 is 0 Å². The molecule has 0 aliphatic heterocycles. The first kappa shape index (κ1) is 20.7. The van der Waals surface area contributed by atoms with Gasteiger partial charge in [-0.1, -0.05) is 32.0 Å². The van der Waals surface area contributed by atoms with Gasteiger partial charge in [0.1, 0.15) is 0 Å². The maximum atomic E-state index is 13.1. The lowest BCUT2D eigenvalue weighted by molar-refractivity contribution is -0.167. The third kappa shape index (κ3) is 2.28. The second-order valence-corrected chi connectivity index (χ2v) is 12.0. The van der Waals surface area contributed by atoms with Crippen LogP contribution in [0.25, 0.3) is 10.9 Å². The Morgan fingerprint density at radius 3 is 2.62 bits per heavy atom. The van der Waals surface area contributed by atoms with Crippen molar-refractivity contribution in [3.05, 3.63) is 47.2 Å². The Balaban J connectivity index is 1.50. The third-order valence-electron chi connectivity index (χ3n) is 10.4. The van der Waals surface area contributed by atoms with Gasteiger partial charge in [0.2, 0.25) is 0 Å². The van der Waals surface area contributed by atoms with Crippen molar-refractivity contribution in [2.45, 2.75) is 82.8 Å². The zero-order valence-electron chi connectivity index (χ0n) is 19.7. The Morgan fingerprint density at radius 2 is 1.88 bits per heavy atom. The number of aliphatic hydroxyl groups is 2. The van der Waals surface area contributed by atoms with E-state index in [4.69, 9.17) is 0 Å². The Morgan fingerprint density at radius 1 is 1.12 bits per heavy atom. The molecule has 3 N–H and O–H groups in total. The number of carbonyl (C=O) groups excluding carboxylic acids is 1. The molecule has 1 aromatic carbocycles. The highest BCUT2D eigenvalue weighted by Gasteiger charge is 2.69. The Hall–Kier alpha value is -1.91. The number of allylic oxidation sites excluding steroid dienone is 1. The summed E-state index contributed by atoms with van der Waals surface area (Å²) in [6.07, 6.45) is 7.01. The topological polar surface area (TPSA) is 73.3 Å². The Bertz CT molecular complexity index is 1170. The molecular weight excluding hydrogens is 398 g/mol. The van der Waals surface area contributed by atoms with Gasteiger partial charge in [0.15, 0.2) is 5.78 Å². The zero-order chi connectivity index (χ0) is 22.7. The Labute approximate surface area is 190 Å². The van der Waals surface area contributed by atoms with Crippen molar-refractivity contribution >= 4 is 16.7 Å². The fourth-order valence-corrected chi connectivity index (χ4v) is 8.37. The van der Waals surface area contributed by atoms with E-state index in [1.807, 2.05) is 0 Å². The van der Waals surface area contributed by atoms with E-state index in [-0.39, 0.29) is 28.4 Å². The summed E-state index contributed by atoms with van der Waals surface area (Å²) in [5.41, 5.74) is 2.33. The lowest BCUT2D eigenvalue weighted by Crippen LogP contribution is -2.66. The number of aromatic amines is 1. The fraction of sp³-hybridized carbons (Fsp3) is 0.607. The van der Waals surface area contributed by atoms with Crippen molar-refractivity contribution in [2.24, 2.45) is 23.2 Å². The van der Waals surface area contributed by atoms with E-state index >= 15 is 0 Å². The van der Waals surface area contributed by atoms with Gasteiger partial charge in [0, 0.05) is 27.4 Å². The summed E-state index contributed by atoms with van der Waals surface area (Å²) in [6, 6.07) is 8.56. The van der Waals surface area contributed by atoms with Crippen LogP contribution in [-0.2, 0) is 16.6 Å². The van der Waals surface area contributed by atoms with Crippen LogP contribution in [-0.4, -0.2) is 32.2 Å². The molecule has 0 bridgehead atoms. The van der Waals surface area contributed by atoms with Gasteiger partial charge in [0.05, 0.1) is 17.1 Å². The Kier molecular flexibility index (Phi) is 3.97. The maximum Gasteiger partial charge on any atom is 0.161 e. The van der Waals surface area contributed by atoms with E-state index in [2.05, 4.69) is 43.1 Å². The van der Waals surface area contributed by atoms with Crippen molar-refractivity contribution in [3.8, 4) is 0 Å². The average Bonchev–Trinajstić information content (AvgIpc) is 3.24. The summed E-state index contributed by atoms with van der Waals surface area (Å²) in [4.78, 5) is 16.9. The largest absolute Gasteiger partial charge is 0.390 e. The van der Waals surface area contributed by atoms with E-state index in [9.17, 15) is 15.0 Å². The van der Waals surface area contributed by atoms with E-state index in [1.54, 1.807) is 19.9 Å². The molecule has 4 nitrogen and oxygen atoms in total. The lowest BCUT2D eigenvalue weighted by Gasteiger charge is -2.65. The summed E-state index contributed by atoms with van der Waals surface area (Å²) >= 11 is 0. The summed E-state index contributed by atoms with van der Waals surface area (Å²) in [7, 11) is 0. The van der Waals surface area contributed by atoms with Crippen LogP contribution >= 0.6 is 0 Å². The van der Waals surface area contributed by atoms with Gasteiger partial charge in [-0.05, 0) is 87.5 Å². The molecule has 2 aromatic rings. The zero-order valence-corrected chi connectivity index (χ0v) is 19.7. The lowest BCUT2D eigenvalue weighted by atomic mass is 9.41. The monoisotopic (exact) mass is 433 g/mol. The van der Waals surface area contributed by atoms with Crippen LogP contribution in [0, 0.1) is 23.2 Å². The smallest absolute Gasteiger partial charge is 0.161 e. The molecule has 2 saturated carbocycles. The summed E-state index contributed by atoms with van der Waals surface area (Å²) in [5, 5.41) is 24.4. The van der Waals surface area contributed by atoms with Gasteiger partial charge in [-0.15, -0.1) is 0 Å². The van der Waals surface area contributed by atoms with Crippen LogP contribution in [0.1, 0.15) is 71.1 Å². The number of fused-ring (bicyclic) bond motifs is 9. The molecule has 32 heavy (non-hydrogen) atoms. The molecule has 0 saturated heterocycles. The minimum absolute atomic E-state index is 0.0218. The molecule has 170 valence electrons. The number of ketones is 1. The number of para-hydroxylation sites is 1. The molecule has 2 fully saturated rings. The predicted molar refractivity (Wildman–Crippen MR) is 125 cm³/mol. The first-order valence-corrected chi connectivity index (χ1v) is 12.3. The van der Waals surface area contributed by atoms with Crippen molar-refractivity contribution in [3.63, 3.8) is 0 Å². The molecule has 1 aromatic heterocycles. The quantitative estimate of drug-likeness (QED) is 0.603. The van der Waals surface area contributed by atoms with Gasteiger partial charge in [-0.3, -0.25) is 4.79 Å². The molecule has 0 amide bonds. The van der Waals surface area contributed by atoms with Crippen LogP contribution in [0.3, 0.4) is 0 Å². The van der Waals surface area contributed by atoms with Crippen LogP contribution in [0.4, 0.5) is 0 Å². The number of H-pyrrole nitrogens is 1. The first-order chi connectivity index (χ1) is 15.0. The normalized spacial score (nSPS) is 41.0. The second kappa shape index (κ2) is 6.15. The van der Waals surface area contributed by atoms with Crippen LogP contribution in [0.5, 0.6) is 0 Å². The number of benzene rings is 1. The standard InChI is InChI=1S/C28H35NO3/c1-25(2,31)21-13-16-9-11-26(3)27(4)17(10-12-28(26,32)20(16)15-23(21)30)14-19-18-7-5-6-8-22(18)29-24(19)27/h5-8,15-17,21,29,31-32H,9-14H2,1-4H3/t16-,17+,21+,26-,27-,28-/m1/s1. The van der Waals surface area contributed by atoms with E-state index in [0.29, 0.717) is 12.3 Å². The van der Waals surface area contributed by atoms with E-state index in [1.165, 1.54) is 22.2 Å². The molecule has 1 heterocycles. The molecule has 4 heteroatoms. The maximum absolute atomic E-state index is 13.1. The molecule has 6 rings (SSSR count). The molecule has 4 aliphatic carbocycles. The summed E-state index contributed by atoms with van der Waals surface area (Å²) in [6.45, 7) is 8.12. The van der Waals surface area contributed by atoms with Crippen LogP contribution in [0.2, 0.25) is 0 Å². The molecular formula is C28H35NO3. The summed E-state index contributed by atoms with van der Waals surface area (Å²) in [5.74, 6) is 0.263. The first-order valence-electron chi connectivity index (χ1n) is 12.3. The molecule has 4 aliphatic rings. The van der Waals surface area contributed by atoms with Gasteiger partial charge in [-0.25, -0.2) is 0 Å². The van der Waals surface area contributed by atoms with Crippen molar-refractivity contribution in [1.29, 1.82) is 0 Å². The number of hydrogen-bond donors (Lipinski definition) is 3. The van der Waals surface area contributed by atoms with Crippen molar-refractivity contribution in [2.75, 3.05) is 0 Å². The number of carbonyl (C=O) groups is 1. The second-order valence-electron chi connectivity index (χ2n) is 12.0. The molecule has 0 unspecified atom stereocenters.